The molecule has 5 aromatic carbocycles. The van der Waals surface area contributed by atoms with Crippen LogP contribution in [0, 0.1) is 6.92 Å². The first-order valence-electron chi connectivity index (χ1n) is 19.4. The molecule has 0 aromatic heterocycles. The number of rotatable bonds is 7. The third-order valence-corrected chi connectivity index (χ3v) is 11.7. The second kappa shape index (κ2) is 15.9. The van der Waals surface area contributed by atoms with E-state index in [2.05, 4.69) is 67.2 Å². The number of methoxy groups -OCH3 is 3. The lowest BCUT2D eigenvalue weighted by Crippen LogP contribution is -2.34. The smallest absolute Gasteiger partial charge is 0.204 e. The summed E-state index contributed by atoms with van der Waals surface area (Å²) in [6, 6.07) is 29.0. The van der Waals surface area contributed by atoms with E-state index < -0.39 is 0 Å². The van der Waals surface area contributed by atoms with Crippen LogP contribution in [0.2, 0.25) is 0 Å². The molecule has 9 rings (SSSR count). The van der Waals surface area contributed by atoms with Gasteiger partial charge < -0.3 is 23.7 Å². The number of ether oxygens (including phenoxy) is 5. The Morgan fingerprint density at radius 1 is 0.750 bits per heavy atom. The van der Waals surface area contributed by atoms with Crippen molar-refractivity contribution in [1.82, 2.24) is 9.80 Å². The van der Waals surface area contributed by atoms with Gasteiger partial charge in [-0.2, -0.15) is 0 Å². The van der Waals surface area contributed by atoms with Gasteiger partial charge in [0.15, 0.2) is 28.8 Å². The molecular formula is C48H50N2O6. The number of ketones is 1. The summed E-state index contributed by atoms with van der Waals surface area (Å²) in [6.07, 6.45) is 6.95. The standard InChI is InChI=1S/C48H50N2O6/c1-30-22-33-18-20-49(2)40-23-32-13-16-38(17-14-32)55-44-28-36(35(27-43(44)52-4)24-37(51)15-12-31-10-8-7-9-11-31)25-41-46-34(19-21-50(41)3)26-45(53-5)47(54-6)48(46)56-42(30)29-39(33)40/h7-17,22,26-29,40-41H,18-21,23-25H2,1-6H3/b15-12+/t40-,41-/m0/s1. The lowest BCUT2D eigenvalue weighted by atomic mass is 9.85. The highest BCUT2D eigenvalue weighted by atomic mass is 16.5. The largest absolute Gasteiger partial charge is 0.493 e. The van der Waals surface area contributed by atoms with Crippen LogP contribution in [0.15, 0.2) is 91.0 Å². The van der Waals surface area contributed by atoms with Gasteiger partial charge in [-0.1, -0.05) is 54.6 Å². The van der Waals surface area contributed by atoms with Gasteiger partial charge in [-0.25, -0.2) is 0 Å². The zero-order valence-electron chi connectivity index (χ0n) is 33.2. The Labute approximate surface area is 330 Å². The van der Waals surface area contributed by atoms with Gasteiger partial charge in [0.25, 0.3) is 0 Å². The maximum Gasteiger partial charge on any atom is 0.204 e. The van der Waals surface area contributed by atoms with Crippen molar-refractivity contribution in [1.29, 1.82) is 0 Å². The van der Waals surface area contributed by atoms with Crippen molar-refractivity contribution in [3.8, 4) is 40.2 Å². The van der Waals surface area contributed by atoms with Gasteiger partial charge in [0.1, 0.15) is 11.5 Å². The molecule has 0 saturated carbocycles. The summed E-state index contributed by atoms with van der Waals surface area (Å²) in [7, 11) is 9.35. The molecule has 0 fully saturated rings. The summed E-state index contributed by atoms with van der Waals surface area (Å²) in [5, 5.41) is 0. The number of fused-ring (bicyclic) bond motifs is 2. The van der Waals surface area contributed by atoms with Crippen LogP contribution >= 0.6 is 0 Å². The van der Waals surface area contributed by atoms with Crippen LogP contribution in [0.1, 0.15) is 62.2 Å². The monoisotopic (exact) mass is 750 g/mol. The zero-order valence-corrected chi connectivity index (χ0v) is 33.2. The first-order valence-corrected chi connectivity index (χ1v) is 19.4. The van der Waals surface area contributed by atoms with E-state index in [1.54, 1.807) is 27.4 Å². The molecule has 5 aromatic rings. The lowest BCUT2D eigenvalue weighted by Gasteiger charge is -2.38. The van der Waals surface area contributed by atoms with E-state index in [4.69, 9.17) is 23.7 Å². The molecule has 4 aliphatic heterocycles. The van der Waals surface area contributed by atoms with Gasteiger partial charge in [-0.15, -0.1) is 0 Å². The molecule has 0 amide bonds. The average Bonchev–Trinajstić information content (AvgIpc) is 3.21. The summed E-state index contributed by atoms with van der Waals surface area (Å²) in [6.45, 7) is 3.94. The summed E-state index contributed by atoms with van der Waals surface area (Å²) in [5.41, 5.74) is 9.97. The van der Waals surface area contributed by atoms with Gasteiger partial charge in [0.05, 0.1) is 21.3 Å². The van der Waals surface area contributed by atoms with Crippen molar-refractivity contribution in [2.45, 2.75) is 51.1 Å². The number of allylic oxidation sites excluding steroid dienone is 1. The molecule has 2 atom stereocenters. The van der Waals surface area contributed by atoms with Crippen molar-refractivity contribution in [2.75, 3.05) is 48.5 Å². The molecule has 288 valence electrons. The van der Waals surface area contributed by atoms with E-state index in [1.165, 1.54) is 16.7 Å². The van der Waals surface area contributed by atoms with Gasteiger partial charge >= 0.3 is 0 Å². The maximum absolute atomic E-state index is 13.6. The minimum Gasteiger partial charge on any atom is -0.493 e. The zero-order chi connectivity index (χ0) is 38.9. The molecule has 0 unspecified atom stereocenters. The van der Waals surface area contributed by atoms with Crippen molar-refractivity contribution >= 4 is 11.9 Å². The van der Waals surface area contributed by atoms with Crippen LogP contribution in [0.5, 0.6) is 40.2 Å². The highest BCUT2D eigenvalue weighted by molar-refractivity contribution is 5.95. The second-order valence-corrected chi connectivity index (χ2v) is 15.2. The van der Waals surface area contributed by atoms with Crippen molar-refractivity contribution in [3.63, 3.8) is 0 Å². The summed E-state index contributed by atoms with van der Waals surface area (Å²) < 4.78 is 31.8. The molecule has 0 spiro atoms. The van der Waals surface area contributed by atoms with Crippen molar-refractivity contribution in [2.24, 2.45) is 0 Å². The van der Waals surface area contributed by atoms with E-state index in [0.717, 1.165) is 77.2 Å². The summed E-state index contributed by atoms with van der Waals surface area (Å²) in [4.78, 5) is 18.5. The number of carbonyl (C=O) groups is 1. The SMILES string of the molecule is COc1cc(CC(=O)/C=C/c2ccccc2)c2cc1Oc1ccc(cc1)C[C@H]1c3cc(c(C)cc3CCN1C)Oc1c(OC)c(OC)cc3c1[C@H](C2)N(C)CC3. The molecule has 4 heterocycles. The fourth-order valence-electron chi connectivity index (χ4n) is 8.59. The number of hydrogen-bond acceptors (Lipinski definition) is 8. The quantitative estimate of drug-likeness (QED) is 0.153. The molecule has 4 aliphatic rings. The van der Waals surface area contributed by atoms with Crippen molar-refractivity contribution in [3.05, 3.63) is 141 Å². The topological polar surface area (TPSA) is 69.7 Å². The van der Waals surface area contributed by atoms with Gasteiger partial charge in [0.2, 0.25) is 5.75 Å². The van der Waals surface area contributed by atoms with E-state index in [-0.39, 0.29) is 24.3 Å². The summed E-state index contributed by atoms with van der Waals surface area (Å²) in [5.74, 6) is 4.54. The Bertz CT molecular complexity index is 2280. The number of likely N-dealkylation sites (N-methyl/N-ethyl adjacent to an activating group) is 2. The molecule has 6 bridgehead atoms. The fourth-order valence-corrected chi connectivity index (χ4v) is 8.59. The number of aryl methyl sites for hydroxylation is 1. The van der Waals surface area contributed by atoms with Crippen molar-refractivity contribution < 1.29 is 28.5 Å². The highest BCUT2D eigenvalue weighted by Crippen LogP contribution is 2.51. The Kier molecular flexibility index (Phi) is 10.6. The predicted molar refractivity (Wildman–Crippen MR) is 220 cm³/mol. The van der Waals surface area contributed by atoms with E-state index >= 15 is 0 Å². The first kappa shape index (κ1) is 37.4. The van der Waals surface area contributed by atoms with Crippen LogP contribution in [0.25, 0.3) is 6.08 Å². The number of nitrogens with zero attached hydrogens (tertiary/aromatic N) is 2. The number of hydrogen-bond donors (Lipinski definition) is 0. The molecule has 0 N–H and O–H groups in total. The fraction of sp³-hybridized carbons (Fsp3) is 0.312. The molecular weight excluding hydrogens is 701 g/mol. The Morgan fingerprint density at radius 3 is 2.21 bits per heavy atom. The number of benzene rings is 5. The van der Waals surface area contributed by atoms with Gasteiger partial charge in [0, 0.05) is 37.2 Å². The van der Waals surface area contributed by atoms with Crippen LogP contribution < -0.4 is 23.7 Å². The van der Waals surface area contributed by atoms with Crippen LogP contribution in [0.3, 0.4) is 0 Å². The van der Waals surface area contributed by atoms with E-state index in [9.17, 15) is 4.79 Å². The maximum atomic E-state index is 13.6. The minimum atomic E-state index is -0.126. The van der Waals surface area contributed by atoms with Crippen LogP contribution in [-0.4, -0.2) is 64.1 Å². The molecule has 0 saturated heterocycles. The normalized spacial score (nSPS) is 18.0. The predicted octanol–water partition coefficient (Wildman–Crippen LogP) is 9.29. The van der Waals surface area contributed by atoms with Gasteiger partial charge in [-0.3, -0.25) is 14.6 Å². The summed E-state index contributed by atoms with van der Waals surface area (Å²) >= 11 is 0. The third kappa shape index (κ3) is 7.39. The molecule has 0 radical (unpaired) electrons. The van der Waals surface area contributed by atoms with E-state index in [1.807, 2.05) is 54.6 Å². The second-order valence-electron chi connectivity index (χ2n) is 15.2. The molecule has 0 aliphatic carbocycles. The lowest BCUT2D eigenvalue weighted by molar-refractivity contribution is -0.113. The van der Waals surface area contributed by atoms with E-state index in [0.29, 0.717) is 35.2 Å². The Hall–Kier alpha value is -5.57. The first-order chi connectivity index (χ1) is 27.2. The van der Waals surface area contributed by atoms with Gasteiger partial charge in [-0.05, 0) is 134 Å². The Balaban J connectivity index is 1.31. The highest BCUT2D eigenvalue weighted by Gasteiger charge is 2.35. The number of carbonyl (C=O) groups excluding carboxylic acids is 1. The third-order valence-electron chi connectivity index (χ3n) is 11.7. The molecule has 56 heavy (non-hydrogen) atoms. The molecule has 8 heteroatoms. The van der Waals surface area contributed by atoms with Crippen LogP contribution in [0.4, 0.5) is 0 Å². The minimum absolute atomic E-state index is 0.00414. The average molecular weight is 751 g/mol. The molecule has 8 nitrogen and oxygen atoms in total. The van der Waals surface area contributed by atoms with Crippen LogP contribution in [-0.2, 0) is 36.9 Å². The Morgan fingerprint density at radius 2 is 1.48 bits per heavy atom.